The van der Waals surface area contributed by atoms with Crippen LogP contribution in [0.15, 0.2) is 24.5 Å². The molecule has 0 aliphatic heterocycles. The van der Waals surface area contributed by atoms with Gasteiger partial charge in [0.25, 0.3) is 0 Å². The number of ether oxygens (including phenoxy) is 1. The number of carbonyl (C=O) groups is 1. The van der Waals surface area contributed by atoms with Crippen molar-refractivity contribution < 1.29 is 9.53 Å². The summed E-state index contributed by atoms with van der Waals surface area (Å²) in [5.41, 5.74) is 1.06. The topological polar surface area (TPSA) is 51.2 Å². The van der Waals surface area contributed by atoms with Gasteiger partial charge in [0.2, 0.25) is 0 Å². The smallest absolute Gasteiger partial charge is 0.323 e. The lowest BCUT2D eigenvalue weighted by molar-refractivity contribution is -0.144. The van der Waals surface area contributed by atoms with E-state index in [4.69, 9.17) is 4.74 Å². The number of pyridine rings is 1. The Balaban J connectivity index is 2.71. The second-order valence-electron chi connectivity index (χ2n) is 4.42. The molecule has 1 heterocycles. The predicted octanol–water partition coefficient (Wildman–Crippen LogP) is 1.93. The maximum Gasteiger partial charge on any atom is 0.323 e. The standard InChI is InChI=1S/C13H20N2O2/c1-9(2)12(13(16)17-4)15-10(3)11-6-5-7-14-8-11/h5-10,12,15H,1-4H3. The average Bonchev–Trinajstić information content (AvgIpc) is 2.35. The molecule has 0 aliphatic rings. The third-order valence-corrected chi connectivity index (χ3v) is 2.74. The molecule has 1 aromatic heterocycles. The van der Waals surface area contributed by atoms with E-state index in [1.807, 2.05) is 32.9 Å². The molecule has 0 aromatic carbocycles. The van der Waals surface area contributed by atoms with Crippen LogP contribution in [0.1, 0.15) is 32.4 Å². The van der Waals surface area contributed by atoms with Crippen molar-refractivity contribution in [2.24, 2.45) is 5.92 Å². The second kappa shape index (κ2) is 6.35. The van der Waals surface area contributed by atoms with Crippen LogP contribution in [-0.2, 0) is 9.53 Å². The minimum atomic E-state index is -0.296. The van der Waals surface area contributed by atoms with Crippen LogP contribution >= 0.6 is 0 Å². The fraction of sp³-hybridized carbons (Fsp3) is 0.538. The maximum atomic E-state index is 11.6. The van der Waals surface area contributed by atoms with E-state index in [1.54, 1.807) is 12.4 Å². The highest BCUT2D eigenvalue weighted by molar-refractivity contribution is 5.76. The molecular formula is C13H20N2O2. The zero-order valence-corrected chi connectivity index (χ0v) is 10.8. The first-order valence-corrected chi connectivity index (χ1v) is 5.80. The van der Waals surface area contributed by atoms with Gasteiger partial charge in [-0.3, -0.25) is 15.1 Å². The number of aromatic nitrogens is 1. The first-order valence-electron chi connectivity index (χ1n) is 5.80. The molecule has 0 fully saturated rings. The zero-order valence-electron chi connectivity index (χ0n) is 10.8. The average molecular weight is 236 g/mol. The number of hydrogen-bond acceptors (Lipinski definition) is 4. The fourth-order valence-electron chi connectivity index (χ4n) is 1.66. The molecule has 1 aromatic rings. The molecule has 2 unspecified atom stereocenters. The van der Waals surface area contributed by atoms with Gasteiger partial charge in [-0.25, -0.2) is 0 Å². The van der Waals surface area contributed by atoms with Crippen molar-refractivity contribution in [2.45, 2.75) is 32.9 Å². The Kier molecular flexibility index (Phi) is 5.10. The van der Waals surface area contributed by atoms with Crippen LogP contribution in [0.5, 0.6) is 0 Å². The van der Waals surface area contributed by atoms with E-state index in [2.05, 4.69) is 10.3 Å². The lowest BCUT2D eigenvalue weighted by atomic mass is 10.0. The van der Waals surface area contributed by atoms with Crippen LogP contribution in [0.2, 0.25) is 0 Å². The van der Waals surface area contributed by atoms with Crippen molar-refractivity contribution in [2.75, 3.05) is 7.11 Å². The Hall–Kier alpha value is -1.42. The first-order chi connectivity index (χ1) is 8.06. The van der Waals surface area contributed by atoms with Crippen molar-refractivity contribution in [1.29, 1.82) is 0 Å². The Morgan fingerprint density at radius 1 is 1.41 bits per heavy atom. The van der Waals surface area contributed by atoms with Crippen LogP contribution in [-0.4, -0.2) is 24.1 Å². The summed E-state index contributed by atoms with van der Waals surface area (Å²) in [4.78, 5) is 15.7. The van der Waals surface area contributed by atoms with Gasteiger partial charge in [-0.2, -0.15) is 0 Å². The third-order valence-electron chi connectivity index (χ3n) is 2.74. The number of methoxy groups -OCH3 is 1. The van der Waals surface area contributed by atoms with E-state index in [-0.39, 0.29) is 24.0 Å². The number of rotatable bonds is 5. The summed E-state index contributed by atoms with van der Waals surface area (Å²) in [6.45, 7) is 5.99. The molecule has 0 radical (unpaired) electrons. The fourth-order valence-corrected chi connectivity index (χ4v) is 1.66. The molecule has 0 aliphatic carbocycles. The van der Waals surface area contributed by atoms with E-state index < -0.39 is 0 Å². The van der Waals surface area contributed by atoms with Gasteiger partial charge >= 0.3 is 5.97 Å². The number of nitrogens with zero attached hydrogens (tertiary/aromatic N) is 1. The summed E-state index contributed by atoms with van der Waals surface area (Å²) in [6.07, 6.45) is 3.53. The van der Waals surface area contributed by atoms with E-state index in [0.717, 1.165) is 5.56 Å². The molecule has 1 N–H and O–H groups in total. The van der Waals surface area contributed by atoms with Crippen molar-refractivity contribution in [3.63, 3.8) is 0 Å². The molecule has 17 heavy (non-hydrogen) atoms. The van der Waals surface area contributed by atoms with E-state index >= 15 is 0 Å². The molecule has 0 spiro atoms. The molecule has 2 atom stereocenters. The van der Waals surface area contributed by atoms with Crippen molar-refractivity contribution in [3.8, 4) is 0 Å². The highest BCUT2D eigenvalue weighted by Crippen LogP contribution is 2.14. The molecule has 1 rings (SSSR count). The van der Waals surface area contributed by atoms with Gasteiger partial charge in [0, 0.05) is 18.4 Å². The summed E-state index contributed by atoms with van der Waals surface area (Å²) >= 11 is 0. The first kappa shape index (κ1) is 13.6. The van der Waals surface area contributed by atoms with Gasteiger partial charge in [-0.1, -0.05) is 19.9 Å². The van der Waals surface area contributed by atoms with E-state index in [1.165, 1.54) is 7.11 Å². The van der Waals surface area contributed by atoms with E-state index in [9.17, 15) is 4.79 Å². The number of hydrogen-bond donors (Lipinski definition) is 1. The minimum Gasteiger partial charge on any atom is -0.468 e. The summed E-state index contributed by atoms with van der Waals surface area (Å²) in [5, 5.41) is 3.27. The van der Waals surface area contributed by atoms with Gasteiger partial charge in [0.15, 0.2) is 0 Å². The van der Waals surface area contributed by atoms with Crippen LogP contribution in [0.3, 0.4) is 0 Å². The summed E-state index contributed by atoms with van der Waals surface area (Å²) in [7, 11) is 1.41. The lowest BCUT2D eigenvalue weighted by Crippen LogP contribution is -2.42. The van der Waals surface area contributed by atoms with Crippen LogP contribution < -0.4 is 5.32 Å². The van der Waals surface area contributed by atoms with Crippen LogP contribution in [0, 0.1) is 5.92 Å². The Morgan fingerprint density at radius 2 is 2.12 bits per heavy atom. The SMILES string of the molecule is COC(=O)C(NC(C)c1cccnc1)C(C)C. The minimum absolute atomic E-state index is 0.0650. The van der Waals surface area contributed by atoms with Gasteiger partial charge in [0.1, 0.15) is 6.04 Å². The zero-order chi connectivity index (χ0) is 12.8. The summed E-state index contributed by atoms with van der Waals surface area (Å²) in [6, 6.07) is 3.64. The van der Waals surface area contributed by atoms with Gasteiger partial charge in [-0.15, -0.1) is 0 Å². The second-order valence-corrected chi connectivity index (χ2v) is 4.42. The van der Waals surface area contributed by atoms with Gasteiger partial charge in [0.05, 0.1) is 7.11 Å². The lowest BCUT2D eigenvalue weighted by Gasteiger charge is -2.24. The summed E-state index contributed by atoms with van der Waals surface area (Å²) in [5.74, 6) is -0.0442. The van der Waals surface area contributed by atoms with Crippen molar-refractivity contribution >= 4 is 5.97 Å². The third kappa shape index (κ3) is 3.82. The Labute approximate surface area is 102 Å². The quantitative estimate of drug-likeness (QED) is 0.794. The molecule has 0 amide bonds. The number of nitrogens with one attached hydrogen (secondary N) is 1. The maximum absolute atomic E-state index is 11.6. The largest absolute Gasteiger partial charge is 0.468 e. The highest BCUT2D eigenvalue weighted by atomic mass is 16.5. The van der Waals surface area contributed by atoms with Gasteiger partial charge in [-0.05, 0) is 24.5 Å². The molecule has 0 bridgehead atoms. The molecule has 94 valence electrons. The molecule has 0 saturated carbocycles. The number of carbonyl (C=O) groups excluding carboxylic acids is 1. The molecular weight excluding hydrogens is 216 g/mol. The van der Waals surface area contributed by atoms with Crippen LogP contribution in [0.25, 0.3) is 0 Å². The predicted molar refractivity (Wildman–Crippen MR) is 66.4 cm³/mol. The van der Waals surface area contributed by atoms with Gasteiger partial charge < -0.3 is 4.74 Å². The Morgan fingerprint density at radius 3 is 2.59 bits per heavy atom. The monoisotopic (exact) mass is 236 g/mol. The molecule has 4 nitrogen and oxygen atoms in total. The molecule has 4 heteroatoms. The molecule has 0 saturated heterocycles. The normalized spacial score (nSPS) is 14.4. The van der Waals surface area contributed by atoms with E-state index in [0.29, 0.717) is 0 Å². The Bertz CT molecular complexity index is 352. The number of esters is 1. The van der Waals surface area contributed by atoms with Crippen molar-refractivity contribution in [3.05, 3.63) is 30.1 Å². The van der Waals surface area contributed by atoms with Crippen LogP contribution in [0.4, 0.5) is 0 Å². The van der Waals surface area contributed by atoms with Crippen molar-refractivity contribution in [1.82, 2.24) is 10.3 Å². The highest BCUT2D eigenvalue weighted by Gasteiger charge is 2.24. The summed E-state index contributed by atoms with van der Waals surface area (Å²) < 4.78 is 4.79.